The molecule has 16 heavy (non-hydrogen) atoms. The van der Waals surface area contributed by atoms with Crippen LogP contribution in [0.3, 0.4) is 0 Å². The number of carboxylic acids is 1. The van der Waals surface area contributed by atoms with Crippen molar-refractivity contribution >= 4 is 23.0 Å². The Morgan fingerprint density at radius 2 is 1.56 bits per heavy atom. The molecule has 0 bridgehead atoms. The second-order valence-corrected chi connectivity index (χ2v) is 2.58. The van der Waals surface area contributed by atoms with E-state index in [1.165, 1.54) is 6.33 Å². The molecule has 0 aliphatic rings. The van der Waals surface area contributed by atoms with Gasteiger partial charge < -0.3 is 5.11 Å². The minimum absolute atomic E-state index is 0. The molecule has 0 aliphatic heterocycles. The monoisotopic (exact) mass is 284 g/mol. The Bertz CT molecular complexity index is 369. The molecule has 0 fully saturated rings. The first-order valence-corrected chi connectivity index (χ1v) is 4.29. The molecule has 2 rings (SSSR count). The third kappa shape index (κ3) is 5.90. The van der Waals surface area contributed by atoms with Gasteiger partial charge in [0.2, 0.25) is 0 Å². The Kier molecular flexibility index (Phi) is 7.67. The van der Waals surface area contributed by atoms with Gasteiger partial charge in [-0.3, -0.25) is 0 Å². The minimum atomic E-state index is -0.879. The summed E-state index contributed by atoms with van der Waals surface area (Å²) in [6, 6.07) is 10.1. The van der Waals surface area contributed by atoms with Crippen LogP contribution in [0.15, 0.2) is 55.1 Å². The summed E-state index contributed by atoms with van der Waals surface area (Å²) in [6.45, 7) is 0. The topological polar surface area (TPSA) is 63.1 Å². The molecule has 0 aliphatic carbocycles. The number of rotatable bonds is 1. The summed E-state index contributed by atoms with van der Waals surface area (Å²) >= 11 is 0. The Morgan fingerprint density at radius 1 is 1.00 bits per heavy atom. The number of nitrogens with zero attached hydrogens (tertiary/aromatic N) is 2. The van der Waals surface area contributed by atoms with Crippen molar-refractivity contribution in [1.82, 2.24) is 9.97 Å². The maximum absolute atomic E-state index is 10.2. The largest absolute Gasteiger partial charge is 0.245 e. The van der Waals surface area contributed by atoms with Crippen molar-refractivity contribution in [2.45, 2.75) is 0 Å². The number of aromatic nitrogens is 2. The molecule has 0 unspecified atom stereocenters. The van der Waals surface area contributed by atoms with E-state index in [0.717, 1.165) is 0 Å². The molecule has 1 N–H and O–H groups in total. The van der Waals surface area contributed by atoms with Crippen LogP contribution >= 0.6 is 0 Å². The molecular formula is C11H12N2O2Se. The van der Waals surface area contributed by atoms with E-state index in [9.17, 15) is 4.79 Å². The van der Waals surface area contributed by atoms with Crippen molar-refractivity contribution in [3.63, 3.8) is 0 Å². The molecule has 1 aromatic heterocycles. The van der Waals surface area contributed by atoms with Crippen LogP contribution in [0, 0.1) is 0 Å². The molecule has 4 nitrogen and oxygen atoms in total. The van der Waals surface area contributed by atoms with Crippen LogP contribution in [0.1, 0.15) is 10.4 Å². The van der Waals surface area contributed by atoms with Crippen LogP contribution in [0.5, 0.6) is 0 Å². The minimum Gasteiger partial charge on any atom is -0.245 e. The molecule has 0 amide bonds. The molecule has 0 atom stereocenters. The summed E-state index contributed by atoms with van der Waals surface area (Å²) in [5.41, 5.74) is 0.331. The first kappa shape index (κ1) is 14.3. The Morgan fingerprint density at radius 3 is 1.81 bits per heavy atom. The summed E-state index contributed by atoms with van der Waals surface area (Å²) in [4.78, 5) is 17.5. The van der Waals surface area contributed by atoms with Gasteiger partial charge in [0.05, 0.1) is 5.56 Å². The predicted molar refractivity (Wildman–Crippen MR) is 64.0 cm³/mol. The first-order valence-electron chi connectivity index (χ1n) is 4.29. The molecule has 1 aromatic carbocycles. The fourth-order valence-corrected chi connectivity index (χ4v) is 0.834. The SMILES string of the molecule is O=C(O)c1ccccc1.[SeH2].c1cncnc1. The van der Waals surface area contributed by atoms with E-state index in [4.69, 9.17) is 5.11 Å². The summed E-state index contributed by atoms with van der Waals surface area (Å²) in [6.07, 6.45) is 4.88. The Labute approximate surface area is 104 Å². The van der Waals surface area contributed by atoms with E-state index < -0.39 is 5.97 Å². The molecule has 0 spiro atoms. The molecule has 0 radical (unpaired) electrons. The Balaban J connectivity index is 0.000000283. The maximum Gasteiger partial charge on any atom is 0.115 e. The summed E-state index contributed by atoms with van der Waals surface area (Å²) in [5, 5.41) is 8.38. The maximum atomic E-state index is 10.2. The molecule has 0 saturated carbocycles. The van der Waals surface area contributed by atoms with Crippen LogP contribution < -0.4 is 0 Å². The second-order valence-electron chi connectivity index (χ2n) is 2.58. The van der Waals surface area contributed by atoms with Crippen molar-refractivity contribution in [2.75, 3.05) is 0 Å². The molecule has 0 saturated heterocycles. The fraction of sp³-hybridized carbons (Fsp3) is 0. The summed E-state index contributed by atoms with van der Waals surface area (Å²) in [7, 11) is 0. The van der Waals surface area contributed by atoms with Crippen molar-refractivity contribution < 1.29 is 9.90 Å². The van der Waals surface area contributed by atoms with Gasteiger partial charge in [-0.25, -0.2) is 14.8 Å². The predicted octanol–water partition coefficient (Wildman–Crippen LogP) is 0.945. The third-order valence-electron chi connectivity index (χ3n) is 1.50. The van der Waals surface area contributed by atoms with Gasteiger partial charge in [0.15, 0.2) is 0 Å². The molecule has 2 aromatic rings. The molecule has 1 heterocycles. The first-order chi connectivity index (χ1) is 7.30. The zero-order valence-corrected chi connectivity index (χ0v) is 10.5. The zero-order chi connectivity index (χ0) is 10.9. The van der Waals surface area contributed by atoms with Gasteiger partial charge in [-0.15, -0.1) is 0 Å². The quantitative estimate of drug-likeness (QED) is 0.791. The number of hydrogen-bond donors (Lipinski definition) is 1. The molecule has 84 valence electrons. The van der Waals surface area contributed by atoms with Gasteiger partial charge in [-0.05, 0) is 18.2 Å². The number of benzene rings is 1. The van der Waals surface area contributed by atoms with E-state index in [-0.39, 0.29) is 17.1 Å². The van der Waals surface area contributed by atoms with Gasteiger partial charge in [-0.1, -0.05) is 18.2 Å². The van der Waals surface area contributed by atoms with Crippen molar-refractivity contribution in [2.24, 2.45) is 0 Å². The summed E-state index contributed by atoms with van der Waals surface area (Å²) in [5.74, 6) is -0.879. The van der Waals surface area contributed by atoms with Crippen LogP contribution in [0.4, 0.5) is 0 Å². The average Bonchev–Trinajstić information content (AvgIpc) is 2.33. The third-order valence-corrected chi connectivity index (χ3v) is 1.50. The standard InChI is InChI=1S/C7H6O2.C4H4N2.H2Se/c8-7(9)6-4-2-1-3-5-6;1-2-5-4-6-3-1;/h1-5H,(H,8,9);1-4H;1H2. The second kappa shape index (κ2) is 8.59. The number of aromatic carboxylic acids is 1. The van der Waals surface area contributed by atoms with Crippen LogP contribution in [0.25, 0.3) is 0 Å². The normalized spacial score (nSPS) is 8.00. The summed E-state index contributed by atoms with van der Waals surface area (Å²) < 4.78 is 0. The molecule has 5 heteroatoms. The average molecular weight is 283 g/mol. The van der Waals surface area contributed by atoms with Gasteiger partial charge in [0, 0.05) is 12.4 Å². The number of hydrogen-bond acceptors (Lipinski definition) is 3. The van der Waals surface area contributed by atoms with Gasteiger partial charge in [-0.2, -0.15) is 0 Å². The van der Waals surface area contributed by atoms with Crippen LogP contribution in [-0.2, 0) is 0 Å². The fourth-order valence-electron chi connectivity index (χ4n) is 0.834. The van der Waals surface area contributed by atoms with Crippen molar-refractivity contribution in [3.05, 3.63) is 60.7 Å². The number of carboxylic acid groups (broad SMARTS) is 1. The Hall–Kier alpha value is -1.71. The smallest absolute Gasteiger partial charge is 0.115 e. The van der Waals surface area contributed by atoms with E-state index in [1.54, 1.807) is 48.8 Å². The van der Waals surface area contributed by atoms with Crippen LogP contribution in [-0.4, -0.2) is 38.1 Å². The molecular weight excluding hydrogens is 271 g/mol. The van der Waals surface area contributed by atoms with Crippen molar-refractivity contribution in [3.8, 4) is 0 Å². The van der Waals surface area contributed by atoms with E-state index in [1.807, 2.05) is 0 Å². The van der Waals surface area contributed by atoms with E-state index in [2.05, 4.69) is 9.97 Å². The van der Waals surface area contributed by atoms with E-state index >= 15 is 0 Å². The number of carbonyl (C=O) groups is 1. The van der Waals surface area contributed by atoms with Gasteiger partial charge in [0.1, 0.15) is 6.33 Å². The van der Waals surface area contributed by atoms with E-state index in [0.29, 0.717) is 5.56 Å². The zero-order valence-electron chi connectivity index (χ0n) is 8.45. The van der Waals surface area contributed by atoms with Crippen molar-refractivity contribution in [1.29, 1.82) is 0 Å². The van der Waals surface area contributed by atoms with Gasteiger partial charge in [0.25, 0.3) is 0 Å². The van der Waals surface area contributed by atoms with Gasteiger partial charge >= 0.3 is 23.0 Å². The van der Waals surface area contributed by atoms with Crippen LogP contribution in [0.2, 0.25) is 0 Å².